The van der Waals surface area contributed by atoms with Gasteiger partial charge in [0.1, 0.15) is 16.4 Å². The van der Waals surface area contributed by atoms with Gasteiger partial charge >= 0.3 is 5.97 Å². The minimum Gasteiger partial charge on any atom is -0.507 e. The predicted molar refractivity (Wildman–Crippen MR) is 92.0 cm³/mol. The maximum absolute atomic E-state index is 11.5. The van der Waals surface area contributed by atoms with E-state index < -0.39 is 5.97 Å². The van der Waals surface area contributed by atoms with Crippen LogP contribution in [-0.4, -0.2) is 25.7 Å². The summed E-state index contributed by atoms with van der Waals surface area (Å²) >= 11 is 4.97. The van der Waals surface area contributed by atoms with Gasteiger partial charge in [0, 0.05) is 17.5 Å². The topological polar surface area (TPSA) is 88.5 Å². The molecule has 0 saturated carbocycles. The van der Waals surface area contributed by atoms with Crippen LogP contribution in [0.1, 0.15) is 21.6 Å². The molecular formula is C17H14N2O3S. The number of thiocarbonyl (C=S) groups is 1. The zero-order valence-electron chi connectivity index (χ0n) is 12.1. The largest absolute Gasteiger partial charge is 0.507 e. The van der Waals surface area contributed by atoms with E-state index >= 15 is 0 Å². The fourth-order valence-electron chi connectivity index (χ4n) is 2.62. The summed E-state index contributed by atoms with van der Waals surface area (Å²) in [6, 6.07) is 13.8. The normalized spacial score (nSPS) is 10.8. The first-order valence-electron chi connectivity index (χ1n) is 6.90. The van der Waals surface area contributed by atoms with Gasteiger partial charge in [0.15, 0.2) is 0 Å². The van der Waals surface area contributed by atoms with Crippen LogP contribution in [0.25, 0.3) is 10.9 Å². The molecule has 3 rings (SSSR count). The number of hydrogen-bond acceptors (Lipinski definition) is 3. The van der Waals surface area contributed by atoms with Gasteiger partial charge in [-0.2, -0.15) is 0 Å². The van der Waals surface area contributed by atoms with Crippen molar-refractivity contribution in [2.75, 3.05) is 0 Å². The van der Waals surface area contributed by atoms with Gasteiger partial charge in [-0.25, -0.2) is 4.79 Å². The number of nitrogens with zero attached hydrogens (tertiary/aromatic N) is 1. The molecule has 0 aliphatic carbocycles. The summed E-state index contributed by atoms with van der Waals surface area (Å²) in [5.41, 5.74) is 8.01. The maximum Gasteiger partial charge on any atom is 0.352 e. The van der Waals surface area contributed by atoms with Crippen molar-refractivity contribution >= 4 is 34.1 Å². The lowest BCUT2D eigenvalue weighted by Crippen LogP contribution is -2.12. The van der Waals surface area contributed by atoms with E-state index in [1.165, 1.54) is 12.1 Å². The summed E-state index contributed by atoms with van der Waals surface area (Å²) in [4.78, 5) is 11.8. The van der Waals surface area contributed by atoms with Crippen LogP contribution in [0.5, 0.6) is 5.75 Å². The molecule has 0 radical (unpaired) electrons. The van der Waals surface area contributed by atoms with Gasteiger partial charge in [0.2, 0.25) is 0 Å². The average molecular weight is 326 g/mol. The maximum atomic E-state index is 11.5. The van der Waals surface area contributed by atoms with Crippen molar-refractivity contribution in [3.63, 3.8) is 0 Å². The minimum atomic E-state index is -1.05. The van der Waals surface area contributed by atoms with E-state index in [4.69, 9.17) is 18.0 Å². The van der Waals surface area contributed by atoms with E-state index in [1.54, 1.807) is 16.7 Å². The zero-order chi connectivity index (χ0) is 16.6. The average Bonchev–Trinajstić information content (AvgIpc) is 2.88. The second-order valence-corrected chi connectivity index (χ2v) is 5.64. The summed E-state index contributed by atoms with van der Waals surface area (Å²) < 4.78 is 1.65. The zero-order valence-corrected chi connectivity index (χ0v) is 12.9. The second-order valence-electron chi connectivity index (χ2n) is 5.20. The van der Waals surface area contributed by atoms with Crippen LogP contribution in [-0.2, 0) is 6.54 Å². The lowest BCUT2D eigenvalue weighted by Gasteiger charge is -2.10. The van der Waals surface area contributed by atoms with E-state index in [-0.39, 0.29) is 11.4 Å². The molecule has 0 atom stereocenters. The Morgan fingerprint density at radius 2 is 1.91 bits per heavy atom. The van der Waals surface area contributed by atoms with Gasteiger partial charge in [0.05, 0.1) is 5.52 Å². The quantitative estimate of drug-likeness (QED) is 0.642. The molecule has 5 nitrogen and oxygen atoms in total. The molecule has 0 aliphatic heterocycles. The molecule has 4 N–H and O–H groups in total. The van der Waals surface area contributed by atoms with Gasteiger partial charge in [-0.05, 0) is 29.8 Å². The number of carboxylic acids is 1. The van der Waals surface area contributed by atoms with E-state index in [9.17, 15) is 15.0 Å². The summed E-state index contributed by atoms with van der Waals surface area (Å²) in [7, 11) is 0. The molecule has 0 bridgehead atoms. The first kappa shape index (κ1) is 15.1. The first-order valence-corrected chi connectivity index (χ1v) is 7.31. The summed E-state index contributed by atoms with van der Waals surface area (Å²) in [6.07, 6.45) is 0. The van der Waals surface area contributed by atoms with Crippen LogP contribution >= 0.6 is 12.2 Å². The molecule has 2 aromatic carbocycles. The van der Waals surface area contributed by atoms with Crippen LogP contribution in [0.2, 0.25) is 0 Å². The predicted octanol–water partition coefficient (Wildman–Crippen LogP) is 2.73. The third kappa shape index (κ3) is 2.76. The molecule has 0 aliphatic rings. The van der Waals surface area contributed by atoms with E-state index in [0.29, 0.717) is 22.4 Å². The Balaban J connectivity index is 2.14. The van der Waals surface area contributed by atoms with Crippen molar-refractivity contribution in [1.82, 2.24) is 4.57 Å². The smallest absolute Gasteiger partial charge is 0.352 e. The van der Waals surface area contributed by atoms with Crippen molar-refractivity contribution in [2.24, 2.45) is 5.73 Å². The van der Waals surface area contributed by atoms with Gasteiger partial charge in [-0.1, -0.05) is 36.5 Å². The molecule has 0 spiro atoms. The Morgan fingerprint density at radius 3 is 2.61 bits per heavy atom. The molecule has 0 saturated heterocycles. The third-order valence-corrected chi connectivity index (χ3v) is 3.93. The number of carbonyl (C=O) groups is 1. The molecule has 23 heavy (non-hydrogen) atoms. The van der Waals surface area contributed by atoms with Crippen molar-refractivity contribution in [3.05, 3.63) is 65.4 Å². The highest BCUT2D eigenvalue weighted by atomic mass is 32.1. The first-order chi connectivity index (χ1) is 11.0. The summed E-state index contributed by atoms with van der Waals surface area (Å²) in [5.74, 6) is -0.994. The molecule has 6 heteroatoms. The molecule has 3 aromatic rings. The number of phenols is 1. The van der Waals surface area contributed by atoms with Crippen LogP contribution in [0.4, 0.5) is 0 Å². The standard InChI is InChI=1S/C17H14N2O3S/c18-16(23)11-4-1-3-10(7-11)9-19-13-5-2-6-15(20)12(13)8-14(19)17(21)22/h1-8,20H,9H2,(H2,18,23)(H,21,22). The van der Waals surface area contributed by atoms with Crippen molar-refractivity contribution in [1.29, 1.82) is 0 Å². The molecule has 0 unspecified atom stereocenters. The van der Waals surface area contributed by atoms with Crippen LogP contribution in [0.3, 0.4) is 0 Å². The highest BCUT2D eigenvalue weighted by Crippen LogP contribution is 2.28. The number of benzene rings is 2. The Labute approximate surface area is 137 Å². The number of carboxylic acid groups (broad SMARTS) is 1. The third-order valence-electron chi connectivity index (χ3n) is 3.69. The highest BCUT2D eigenvalue weighted by molar-refractivity contribution is 7.80. The molecule has 0 fully saturated rings. The minimum absolute atomic E-state index is 0.0561. The Kier molecular flexibility index (Phi) is 3.75. The number of aromatic hydroxyl groups is 1. The number of fused-ring (bicyclic) bond motifs is 1. The van der Waals surface area contributed by atoms with Crippen molar-refractivity contribution < 1.29 is 15.0 Å². The molecule has 0 amide bonds. The summed E-state index contributed by atoms with van der Waals surface area (Å²) in [5, 5.41) is 19.9. The van der Waals surface area contributed by atoms with Crippen LogP contribution in [0.15, 0.2) is 48.5 Å². The Morgan fingerprint density at radius 1 is 1.17 bits per heavy atom. The lowest BCUT2D eigenvalue weighted by molar-refractivity contribution is 0.0686. The van der Waals surface area contributed by atoms with Crippen LogP contribution in [0, 0.1) is 0 Å². The van der Waals surface area contributed by atoms with E-state index in [2.05, 4.69) is 0 Å². The van der Waals surface area contributed by atoms with Gasteiger partial charge in [-0.15, -0.1) is 0 Å². The Bertz CT molecular complexity index is 931. The van der Waals surface area contributed by atoms with Crippen molar-refractivity contribution in [3.8, 4) is 5.75 Å². The van der Waals surface area contributed by atoms with Gasteiger partial charge in [-0.3, -0.25) is 0 Å². The number of phenolic OH excluding ortho intramolecular Hbond substituents is 1. The number of rotatable bonds is 4. The Hall–Kier alpha value is -2.86. The van der Waals surface area contributed by atoms with Gasteiger partial charge < -0.3 is 20.5 Å². The SMILES string of the molecule is NC(=S)c1cccc(Cn2c(C(=O)O)cc3c(O)cccc32)c1. The van der Waals surface area contributed by atoms with E-state index in [0.717, 1.165) is 11.1 Å². The molecule has 1 aromatic heterocycles. The second kappa shape index (κ2) is 5.73. The number of hydrogen-bond donors (Lipinski definition) is 3. The van der Waals surface area contributed by atoms with Gasteiger partial charge in [0.25, 0.3) is 0 Å². The number of aromatic carboxylic acids is 1. The van der Waals surface area contributed by atoms with Crippen molar-refractivity contribution in [2.45, 2.75) is 6.54 Å². The number of nitrogens with two attached hydrogens (primary N) is 1. The molecular weight excluding hydrogens is 312 g/mol. The van der Waals surface area contributed by atoms with E-state index in [1.807, 2.05) is 24.3 Å². The fourth-order valence-corrected chi connectivity index (χ4v) is 2.75. The molecule has 1 heterocycles. The van der Waals surface area contributed by atoms with Crippen LogP contribution < -0.4 is 5.73 Å². The molecule has 116 valence electrons. The summed E-state index contributed by atoms with van der Waals surface area (Å²) in [6.45, 7) is 0.338. The monoisotopic (exact) mass is 326 g/mol. The number of aromatic nitrogens is 1. The lowest BCUT2D eigenvalue weighted by atomic mass is 10.1. The highest BCUT2D eigenvalue weighted by Gasteiger charge is 2.16. The fraction of sp³-hybridized carbons (Fsp3) is 0.0588.